The Morgan fingerprint density at radius 2 is 0.731 bits per heavy atom. The van der Waals surface area contributed by atoms with Gasteiger partial charge in [-0.05, 0) is 6.92 Å². The van der Waals surface area contributed by atoms with Crippen molar-refractivity contribution in [3.63, 3.8) is 0 Å². The number of amides is 4. The third kappa shape index (κ3) is 14.4. The number of hydrogen-bond donors (Lipinski definition) is 19. The molecular formula is C44H74N4O30. The summed E-state index contributed by atoms with van der Waals surface area (Å²) < 4.78 is 65.3. The number of nitrogens with one attached hydrogen (secondary N) is 4. The lowest BCUT2D eigenvalue weighted by atomic mass is 9.93. The molecule has 4 amide bonds. The van der Waals surface area contributed by atoms with Crippen molar-refractivity contribution in [2.24, 2.45) is 0 Å². The maximum absolute atomic E-state index is 13.1. The Balaban J connectivity index is 1.37. The molecule has 19 N–H and O–H groups in total. The molecule has 6 rings (SSSR count). The lowest BCUT2D eigenvalue weighted by molar-refractivity contribution is -0.399. The van der Waals surface area contributed by atoms with Crippen molar-refractivity contribution in [1.29, 1.82) is 0 Å². The smallest absolute Gasteiger partial charge is 0.217 e. The molecule has 0 spiro atoms. The number of rotatable bonds is 19. The second-order valence-corrected chi connectivity index (χ2v) is 19.7. The van der Waals surface area contributed by atoms with Crippen LogP contribution in [-0.4, -0.2) is 317 Å². The van der Waals surface area contributed by atoms with Gasteiger partial charge in [-0.2, -0.15) is 0 Å². The number of aliphatic hydroxyl groups excluding tert-OH is 15. The predicted molar refractivity (Wildman–Crippen MR) is 244 cm³/mol. The highest BCUT2D eigenvalue weighted by Crippen LogP contribution is 2.38. The molecule has 0 radical (unpaired) electrons. The van der Waals surface area contributed by atoms with Crippen LogP contribution in [0.5, 0.6) is 0 Å². The van der Waals surface area contributed by atoms with E-state index in [1.165, 1.54) is 6.92 Å². The SMILES string of the molecule is CC(=O)N[C@H]1C(O[C@H]2[C@@H](O)[C@@H](CO)OC(O[C@H]3[C@H](O)[C@@H](CO)OC(O[C@H]4[C@@H](O)[C@@H](COC5O[C@H](CO)[C@@H](O)[C@H](O)[C@H]5NC(C)=O)OC(O)[C@@H]4NC(C)=O)[C@@H]3NC(C)=O)[C@@H]2OC2O[C@@H](C)[C@@H](O)[C@@H](O)[C@@H]2O)O[C@H](CO)[C@H](O)[C@@H]1O. The maximum Gasteiger partial charge on any atom is 0.217 e. The molecule has 6 unspecified atom stereocenters. The Morgan fingerprint density at radius 3 is 1.24 bits per heavy atom. The van der Waals surface area contributed by atoms with Gasteiger partial charge in [-0.3, -0.25) is 19.2 Å². The molecule has 34 nitrogen and oxygen atoms in total. The molecule has 6 fully saturated rings. The van der Waals surface area contributed by atoms with E-state index in [1.807, 2.05) is 0 Å². The summed E-state index contributed by atoms with van der Waals surface area (Å²) in [6, 6.07) is -6.74. The molecule has 6 heterocycles. The Bertz CT molecular complexity index is 1970. The molecule has 6 saturated heterocycles. The van der Waals surface area contributed by atoms with Crippen LogP contribution in [0.1, 0.15) is 34.6 Å². The summed E-state index contributed by atoms with van der Waals surface area (Å²) in [6.45, 7) is 0.737. The van der Waals surface area contributed by atoms with Crippen molar-refractivity contribution in [1.82, 2.24) is 21.3 Å². The van der Waals surface area contributed by atoms with Gasteiger partial charge < -0.3 is 150 Å². The quantitative estimate of drug-likeness (QED) is 0.0571. The summed E-state index contributed by atoms with van der Waals surface area (Å²) in [4.78, 5) is 50.1. The van der Waals surface area contributed by atoms with Gasteiger partial charge >= 0.3 is 0 Å². The van der Waals surface area contributed by atoms with Crippen molar-refractivity contribution in [2.75, 3.05) is 33.0 Å². The predicted octanol–water partition coefficient (Wildman–Crippen LogP) is -12.5. The Hall–Kier alpha value is -3.16. The molecule has 34 heteroatoms. The van der Waals surface area contributed by atoms with E-state index < -0.39 is 241 Å². The van der Waals surface area contributed by atoms with Gasteiger partial charge in [0.1, 0.15) is 140 Å². The van der Waals surface area contributed by atoms with Crippen LogP contribution >= 0.6 is 0 Å². The molecule has 450 valence electrons. The third-order valence-corrected chi connectivity index (χ3v) is 14.0. The van der Waals surface area contributed by atoms with Crippen LogP contribution in [-0.2, 0) is 71.3 Å². The first-order valence-corrected chi connectivity index (χ1v) is 24.9. The lowest BCUT2D eigenvalue weighted by Gasteiger charge is -2.52. The number of aliphatic hydroxyl groups is 15. The minimum Gasteiger partial charge on any atom is -0.394 e. The molecule has 6 aliphatic heterocycles. The lowest BCUT2D eigenvalue weighted by Crippen LogP contribution is -2.72. The highest BCUT2D eigenvalue weighted by Gasteiger charge is 2.59. The van der Waals surface area contributed by atoms with Gasteiger partial charge in [-0.15, -0.1) is 0 Å². The maximum atomic E-state index is 13.1. The van der Waals surface area contributed by atoms with E-state index in [-0.39, 0.29) is 0 Å². The van der Waals surface area contributed by atoms with Crippen molar-refractivity contribution in [3.8, 4) is 0 Å². The molecule has 0 aliphatic carbocycles. The summed E-state index contributed by atoms with van der Waals surface area (Å²) in [5, 5.41) is 173. The zero-order chi connectivity index (χ0) is 57.8. The Labute approximate surface area is 443 Å². The van der Waals surface area contributed by atoms with Crippen molar-refractivity contribution < 1.29 is 148 Å². The molecule has 30 atom stereocenters. The minimum absolute atomic E-state index is 0.703. The average Bonchev–Trinajstić information content (AvgIpc) is 3.42. The molecule has 0 aromatic carbocycles. The minimum atomic E-state index is -2.18. The first-order valence-electron chi connectivity index (χ1n) is 24.9. The molecule has 6 aliphatic rings. The van der Waals surface area contributed by atoms with E-state index in [2.05, 4.69) is 21.3 Å². The van der Waals surface area contributed by atoms with Gasteiger partial charge in [0.15, 0.2) is 37.7 Å². The molecule has 0 aromatic rings. The topological polar surface area (TPSA) is 521 Å². The monoisotopic (exact) mass is 1140 g/mol. The highest BCUT2D eigenvalue weighted by molar-refractivity contribution is 5.74. The van der Waals surface area contributed by atoms with E-state index in [4.69, 9.17) is 52.1 Å². The van der Waals surface area contributed by atoms with E-state index >= 15 is 0 Å². The van der Waals surface area contributed by atoms with E-state index in [0.29, 0.717) is 0 Å². The number of ether oxygens (including phenoxy) is 11. The van der Waals surface area contributed by atoms with E-state index in [1.54, 1.807) is 0 Å². The summed E-state index contributed by atoms with van der Waals surface area (Å²) in [6.07, 6.45) is -48.6. The van der Waals surface area contributed by atoms with Crippen LogP contribution in [0.25, 0.3) is 0 Å². The van der Waals surface area contributed by atoms with Crippen LogP contribution in [0.4, 0.5) is 0 Å². The van der Waals surface area contributed by atoms with Crippen LogP contribution in [0.3, 0.4) is 0 Å². The zero-order valence-electron chi connectivity index (χ0n) is 42.7. The Morgan fingerprint density at radius 1 is 0.359 bits per heavy atom. The fourth-order valence-corrected chi connectivity index (χ4v) is 9.94. The molecule has 0 saturated carbocycles. The largest absolute Gasteiger partial charge is 0.394 e. The van der Waals surface area contributed by atoms with Gasteiger partial charge in [0.25, 0.3) is 0 Å². The number of carbonyl (C=O) groups excluding carboxylic acids is 4. The standard InChI is InChI=1S/C44H74N4O30/c1-11-25(57)33(65)34(66)43(69-11)78-38-37(77-41-22(46-13(3)54)32(64)27(59)17(7-50)72-41)29(61)19(9-52)74-44(38)76-36-24(48-15(5)56)42(73-18(8-51)28(36)60)75-35-23(47-14(4)55)39(67)70-20(30(35)62)10-68-40-21(45-12(2)53)31(63)26(58)16(6-49)71-40/h11,16-44,49-52,57-67H,6-10H2,1-5H3,(H,45,53)(H,46,54)(H,47,55)(H,48,56)/t11-,16+,17+,18+,19+,20+,21+,22+,23+,24+,25+,26+,27-,28+,29-,30-,31+,32+,33+,34-,35+,36+,37-,38+,39?,40?,41?,42?,43?,44?/m0/s1. The van der Waals surface area contributed by atoms with Gasteiger partial charge in [0, 0.05) is 27.7 Å². The molecule has 0 bridgehead atoms. The van der Waals surface area contributed by atoms with Gasteiger partial charge in [0.2, 0.25) is 23.6 Å². The van der Waals surface area contributed by atoms with Crippen molar-refractivity contribution in [3.05, 3.63) is 0 Å². The molecule has 78 heavy (non-hydrogen) atoms. The summed E-state index contributed by atoms with van der Waals surface area (Å²) in [5.74, 6) is -3.21. The number of hydrogen-bond acceptors (Lipinski definition) is 30. The average molecular weight is 1140 g/mol. The zero-order valence-corrected chi connectivity index (χ0v) is 42.7. The van der Waals surface area contributed by atoms with Crippen LogP contribution < -0.4 is 21.3 Å². The van der Waals surface area contributed by atoms with Gasteiger partial charge in [-0.1, -0.05) is 0 Å². The first kappa shape index (κ1) is 64.0. The van der Waals surface area contributed by atoms with Crippen LogP contribution in [0.2, 0.25) is 0 Å². The summed E-state index contributed by atoms with van der Waals surface area (Å²) >= 11 is 0. The van der Waals surface area contributed by atoms with E-state index in [0.717, 1.165) is 27.7 Å². The number of carbonyl (C=O) groups is 4. The summed E-state index contributed by atoms with van der Waals surface area (Å²) in [5.41, 5.74) is 0. The van der Waals surface area contributed by atoms with Crippen LogP contribution in [0.15, 0.2) is 0 Å². The van der Waals surface area contributed by atoms with E-state index in [9.17, 15) is 95.8 Å². The summed E-state index contributed by atoms with van der Waals surface area (Å²) in [7, 11) is 0. The molecule has 0 aromatic heterocycles. The highest BCUT2D eigenvalue weighted by atomic mass is 16.8. The Kier molecular flexibility index (Phi) is 22.8. The fourth-order valence-electron chi connectivity index (χ4n) is 9.94. The second kappa shape index (κ2) is 27.7. The molecular weight excluding hydrogens is 1060 g/mol. The normalized spacial score (nSPS) is 47.1. The van der Waals surface area contributed by atoms with Crippen molar-refractivity contribution in [2.45, 2.75) is 219 Å². The van der Waals surface area contributed by atoms with Crippen molar-refractivity contribution >= 4 is 23.6 Å². The van der Waals surface area contributed by atoms with Crippen LogP contribution in [0, 0.1) is 0 Å². The fraction of sp³-hybridized carbons (Fsp3) is 0.909. The van der Waals surface area contributed by atoms with Gasteiger partial charge in [-0.25, -0.2) is 0 Å². The second-order valence-electron chi connectivity index (χ2n) is 19.7. The first-order chi connectivity index (χ1) is 36.8. The third-order valence-electron chi connectivity index (χ3n) is 14.0. The van der Waals surface area contributed by atoms with Gasteiger partial charge in [0.05, 0.1) is 39.1 Å².